The average molecular weight is 327 g/mol. The molecule has 1 saturated heterocycles. The molecule has 0 radical (unpaired) electrons. The fourth-order valence-electron chi connectivity index (χ4n) is 4.22. The van der Waals surface area contributed by atoms with E-state index in [1.165, 1.54) is 25.9 Å². The molecule has 3 heteroatoms. The molecule has 1 N–H and O–H groups in total. The number of methoxy groups -OCH3 is 1. The van der Waals surface area contributed by atoms with Crippen LogP contribution in [0, 0.1) is 22.2 Å². The Morgan fingerprint density at radius 2 is 1.61 bits per heavy atom. The zero-order valence-electron chi connectivity index (χ0n) is 17.3. The normalized spacial score (nSPS) is 20.7. The number of likely N-dealkylation sites (tertiary alicyclic amines) is 1. The van der Waals surface area contributed by atoms with Gasteiger partial charge in [0.2, 0.25) is 0 Å². The summed E-state index contributed by atoms with van der Waals surface area (Å²) in [5.74, 6) is 0.805. The summed E-state index contributed by atoms with van der Waals surface area (Å²) in [5.41, 5.74) is 0.880. The Kier molecular flexibility index (Phi) is 7.13. The van der Waals surface area contributed by atoms with E-state index in [1.54, 1.807) is 0 Å². The summed E-state index contributed by atoms with van der Waals surface area (Å²) < 4.78 is 5.43. The van der Waals surface area contributed by atoms with E-state index < -0.39 is 0 Å². The van der Waals surface area contributed by atoms with Crippen molar-refractivity contribution in [2.45, 2.75) is 67.3 Å². The molecular weight excluding hydrogens is 284 g/mol. The van der Waals surface area contributed by atoms with Crippen LogP contribution in [0.15, 0.2) is 0 Å². The Hall–Kier alpha value is -0.120. The predicted octanol–water partition coefficient (Wildman–Crippen LogP) is 4.03. The second-order valence-electron chi connectivity index (χ2n) is 9.54. The van der Waals surface area contributed by atoms with Crippen molar-refractivity contribution in [1.29, 1.82) is 0 Å². The molecule has 0 aromatic carbocycles. The van der Waals surface area contributed by atoms with Gasteiger partial charge in [-0.3, -0.25) is 0 Å². The van der Waals surface area contributed by atoms with Crippen LogP contribution in [0.25, 0.3) is 0 Å². The van der Waals surface area contributed by atoms with Gasteiger partial charge >= 0.3 is 0 Å². The zero-order valence-corrected chi connectivity index (χ0v) is 17.3. The smallest absolute Gasteiger partial charge is 0.0528 e. The van der Waals surface area contributed by atoms with Gasteiger partial charge in [-0.25, -0.2) is 0 Å². The van der Waals surface area contributed by atoms with Crippen molar-refractivity contribution in [2.24, 2.45) is 22.2 Å². The molecule has 1 heterocycles. The van der Waals surface area contributed by atoms with Crippen LogP contribution in [-0.2, 0) is 4.74 Å². The number of ether oxygens (including phenoxy) is 1. The van der Waals surface area contributed by atoms with Crippen LogP contribution in [-0.4, -0.2) is 51.3 Å². The number of nitrogens with zero attached hydrogens (tertiary/aromatic N) is 1. The standard InChI is InChI=1S/C20H42N2O/c1-16(18(2,3)15-23-9)22-12-10-17(11-13-22)20(6,7)19(4,5)14-21-8/h16-17,21H,10-15H2,1-9H3. The van der Waals surface area contributed by atoms with Gasteiger partial charge in [0.25, 0.3) is 0 Å². The van der Waals surface area contributed by atoms with Gasteiger partial charge in [0.15, 0.2) is 0 Å². The maximum Gasteiger partial charge on any atom is 0.0528 e. The van der Waals surface area contributed by atoms with E-state index in [9.17, 15) is 0 Å². The molecule has 1 aliphatic heterocycles. The fraction of sp³-hybridized carbons (Fsp3) is 1.00. The highest BCUT2D eigenvalue weighted by Crippen LogP contribution is 2.48. The van der Waals surface area contributed by atoms with E-state index in [0.29, 0.717) is 16.9 Å². The van der Waals surface area contributed by atoms with Crippen LogP contribution in [0.2, 0.25) is 0 Å². The van der Waals surface area contributed by atoms with Crippen molar-refractivity contribution in [3.8, 4) is 0 Å². The molecule has 138 valence electrons. The van der Waals surface area contributed by atoms with Crippen molar-refractivity contribution in [3.05, 3.63) is 0 Å². The van der Waals surface area contributed by atoms with Gasteiger partial charge < -0.3 is 15.0 Å². The molecule has 1 fully saturated rings. The van der Waals surface area contributed by atoms with Crippen LogP contribution in [0.4, 0.5) is 0 Å². The molecule has 1 unspecified atom stereocenters. The molecule has 0 spiro atoms. The molecule has 0 aliphatic carbocycles. The third-order valence-corrected chi connectivity index (χ3v) is 7.11. The minimum Gasteiger partial charge on any atom is -0.384 e. The maximum atomic E-state index is 5.43. The number of piperidine rings is 1. The summed E-state index contributed by atoms with van der Waals surface area (Å²) in [6.45, 7) is 21.2. The fourth-order valence-corrected chi connectivity index (χ4v) is 4.22. The Bertz CT molecular complexity index is 355. The summed E-state index contributed by atoms with van der Waals surface area (Å²) in [6, 6.07) is 0.567. The molecule has 1 rings (SSSR count). The topological polar surface area (TPSA) is 24.5 Å². The van der Waals surface area contributed by atoms with Gasteiger partial charge in [-0.05, 0) is 56.7 Å². The lowest BCUT2D eigenvalue weighted by Crippen LogP contribution is -2.52. The zero-order chi connectivity index (χ0) is 17.9. The van der Waals surface area contributed by atoms with Gasteiger partial charge in [0, 0.05) is 25.1 Å². The Balaban J connectivity index is 2.68. The first-order valence-electron chi connectivity index (χ1n) is 9.37. The summed E-state index contributed by atoms with van der Waals surface area (Å²) in [6.07, 6.45) is 2.63. The van der Waals surface area contributed by atoms with Crippen molar-refractivity contribution < 1.29 is 4.74 Å². The molecule has 1 aliphatic rings. The third kappa shape index (κ3) is 4.70. The molecule has 0 bridgehead atoms. The van der Waals surface area contributed by atoms with Gasteiger partial charge in [0.05, 0.1) is 6.61 Å². The third-order valence-electron chi connectivity index (χ3n) is 7.11. The molecule has 0 amide bonds. The molecule has 3 nitrogen and oxygen atoms in total. The first-order chi connectivity index (χ1) is 10.5. The van der Waals surface area contributed by atoms with Crippen LogP contribution < -0.4 is 5.32 Å². The minimum absolute atomic E-state index is 0.211. The first-order valence-corrected chi connectivity index (χ1v) is 9.37. The molecule has 0 saturated carbocycles. The number of hydrogen-bond acceptors (Lipinski definition) is 3. The van der Waals surface area contributed by atoms with Crippen LogP contribution in [0.1, 0.15) is 61.3 Å². The van der Waals surface area contributed by atoms with Crippen molar-refractivity contribution in [1.82, 2.24) is 10.2 Å². The SMILES string of the molecule is CNCC(C)(C)C(C)(C)C1CCN(C(C)C(C)(C)COC)CC1. The molecular formula is C20H42N2O. The van der Waals surface area contributed by atoms with Crippen LogP contribution >= 0.6 is 0 Å². The van der Waals surface area contributed by atoms with Crippen molar-refractivity contribution >= 4 is 0 Å². The van der Waals surface area contributed by atoms with E-state index in [4.69, 9.17) is 4.74 Å². The van der Waals surface area contributed by atoms with Gasteiger partial charge in [0.1, 0.15) is 0 Å². The van der Waals surface area contributed by atoms with E-state index in [2.05, 4.69) is 65.7 Å². The molecule has 23 heavy (non-hydrogen) atoms. The summed E-state index contributed by atoms with van der Waals surface area (Å²) in [4.78, 5) is 2.68. The second-order valence-corrected chi connectivity index (χ2v) is 9.54. The quantitative estimate of drug-likeness (QED) is 0.729. The number of rotatable bonds is 8. The average Bonchev–Trinajstić information content (AvgIpc) is 2.46. The van der Waals surface area contributed by atoms with Crippen molar-refractivity contribution in [3.63, 3.8) is 0 Å². The highest BCUT2D eigenvalue weighted by Gasteiger charge is 2.44. The summed E-state index contributed by atoms with van der Waals surface area (Å²) in [5, 5.41) is 3.39. The van der Waals surface area contributed by atoms with Gasteiger partial charge in [-0.1, -0.05) is 41.5 Å². The van der Waals surface area contributed by atoms with E-state index >= 15 is 0 Å². The highest BCUT2D eigenvalue weighted by atomic mass is 16.5. The lowest BCUT2D eigenvalue weighted by molar-refractivity contribution is -0.0281. The first kappa shape index (κ1) is 20.9. The Labute approximate surface area is 145 Å². The van der Waals surface area contributed by atoms with Crippen LogP contribution in [0.3, 0.4) is 0 Å². The monoisotopic (exact) mass is 326 g/mol. The largest absolute Gasteiger partial charge is 0.384 e. The maximum absolute atomic E-state index is 5.43. The van der Waals surface area contributed by atoms with E-state index in [-0.39, 0.29) is 5.41 Å². The van der Waals surface area contributed by atoms with Crippen LogP contribution in [0.5, 0.6) is 0 Å². The lowest BCUT2D eigenvalue weighted by atomic mass is 9.58. The second kappa shape index (κ2) is 7.84. The minimum atomic E-state index is 0.211. The number of hydrogen-bond donors (Lipinski definition) is 1. The number of nitrogens with one attached hydrogen (secondary N) is 1. The Morgan fingerprint density at radius 3 is 2.04 bits per heavy atom. The summed E-state index contributed by atoms with van der Waals surface area (Å²) >= 11 is 0. The van der Waals surface area contributed by atoms with Gasteiger partial charge in [-0.2, -0.15) is 0 Å². The Morgan fingerprint density at radius 1 is 1.09 bits per heavy atom. The van der Waals surface area contributed by atoms with Crippen molar-refractivity contribution in [2.75, 3.05) is 40.4 Å². The molecule has 0 aromatic rings. The molecule has 1 atom stereocenters. The lowest BCUT2D eigenvalue weighted by Gasteiger charge is -2.51. The molecule has 0 aromatic heterocycles. The predicted molar refractivity (Wildman–Crippen MR) is 101 cm³/mol. The summed E-state index contributed by atoms with van der Waals surface area (Å²) in [7, 11) is 3.88. The van der Waals surface area contributed by atoms with Gasteiger partial charge in [-0.15, -0.1) is 0 Å². The van der Waals surface area contributed by atoms with E-state index in [1.807, 2.05) is 7.11 Å². The highest BCUT2D eigenvalue weighted by molar-refractivity contribution is 4.95. The van der Waals surface area contributed by atoms with E-state index in [0.717, 1.165) is 19.1 Å².